The summed E-state index contributed by atoms with van der Waals surface area (Å²) in [5.74, 6) is -1.36. The normalized spacial score (nSPS) is 10.5. The van der Waals surface area contributed by atoms with Crippen LogP contribution in [0.4, 0.5) is 5.69 Å². The van der Waals surface area contributed by atoms with E-state index in [0.717, 1.165) is 0 Å². The molecule has 0 saturated heterocycles. The number of hydrogen-bond acceptors (Lipinski definition) is 5. The lowest BCUT2D eigenvalue weighted by molar-refractivity contribution is -0.111. The number of aromatic carboxylic acids is 1. The van der Waals surface area contributed by atoms with Crippen LogP contribution in [0.15, 0.2) is 42.5 Å². The maximum Gasteiger partial charge on any atom is 0.337 e. The molecule has 3 N–H and O–H groups in total. The van der Waals surface area contributed by atoms with Crippen molar-refractivity contribution >= 4 is 23.6 Å². The number of benzene rings is 2. The van der Waals surface area contributed by atoms with Crippen LogP contribution in [-0.4, -0.2) is 36.3 Å². The van der Waals surface area contributed by atoms with Crippen molar-refractivity contribution in [1.29, 1.82) is 0 Å². The highest BCUT2D eigenvalue weighted by Crippen LogP contribution is 2.37. The highest BCUT2D eigenvalue weighted by molar-refractivity contribution is 6.06. The van der Waals surface area contributed by atoms with E-state index < -0.39 is 11.9 Å². The van der Waals surface area contributed by atoms with E-state index in [4.69, 9.17) is 14.6 Å². The van der Waals surface area contributed by atoms with Gasteiger partial charge in [-0.3, -0.25) is 4.79 Å². The van der Waals surface area contributed by atoms with E-state index in [1.807, 2.05) is 0 Å². The number of carboxylic acid groups (broad SMARTS) is 1. The second-order valence-electron chi connectivity index (χ2n) is 4.95. The smallest absolute Gasteiger partial charge is 0.337 e. The fourth-order valence-electron chi connectivity index (χ4n) is 2.13. The molecule has 0 aromatic heterocycles. The van der Waals surface area contributed by atoms with Crippen LogP contribution in [0.2, 0.25) is 0 Å². The first-order valence-corrected chi connectivity index (χ1v) is 7.22. The van der Waals surface area contributed by atoms with Crippen LogP contribution in [-0.2, 0) is 4.79 Å². The van der Waals surface area contributed by atoms with E-state index in [1.165, 1.54) is 50.6 Å². The van der Waals surface area contributed by atoms with Crippen molar-refractivity contribution < 1.29 is 29.3 Å². The predicted octanol–water partition coefficient (Wildman–Crippen LogP) is 2.76. The van der Waals surface area contributed by atoms with Gasteiger partial charge in [0.25, 0.3) is 0 Å². The Morgan fingerprint density at radius 3 is 2.24 bits per heavy atom. The molecule has 0 heterocycles. The molecule has 0 unspecified atom stereocenters. The minimum absolute atomic E-state index is 0.00257. The van der Waals surface area contributed by atoms with Gasteiger partial charge in [-0.1, -0.05) is 12.1 Å². The monoisotopic (exact) mass is 343 g/mol. The van der Waals surface area contributed by atoms with Crippen LogP contribution < -0.4 is 14.8 Å². The molecule has 0 spiro atoms. The van der Waals surface area contributed by atoms with Crippen molar-refractivity contribution in [3.63, 3.8) is 0 Å². The van der Waals surface area contributed by atoms with Gasteiger partial charge in [0.15, 0.2) is 11.5 Å². The molecule has 0 atom stereocenters. The Kier molecular flexibility index (Phi) is 5.62. The van der Waals surface area contributed by atoms with Crippen molar-refractivity contribution in [2.75, 3.05) is 19.5 Å². The summed E-state index contributed by atoms with van der Waals surface area (Å²) in [7, 11) is 2.80. The number of carbonyl (C=O) groups excluding carboxylic acids is 1. The molecule has 2 rings (SSSR count). The molecule has 25 heavy (non-hydrogen) atoms. The SMILES string of the molecule is COc1cc(C=CC(=O)Nc2ccccc2C(=O)O)cc(OC)c1O. The largest absolute Gasteiger partial charge is 0.502 e. The minimum Gasteiger partial charge on any atom is -0.502 e. The number of anilines is 1. The number of phenolic OH excluding ortho intramolecular Hbond substituents is 1. The molecular formula is C18H17NO6. The van der Waals surface area contributed by atoms with E-state index in [0.29, 0.717) is 5.56 Å². The number of nitrogens with one attached hydrogen (secondary N) is 1. The number of rotatable bonds is 6. The van der Waals surface area contributed by atoms with Gasteiger partial charge in [-0.05, 0) is 35.9 Å². The summed E-state index contributed by atoms with van der Waals surface area (Å²) in [5.41, 5.74) is 0.760. The molecule has 0 fully saturated rings. The van der Waals surface area contributed by atoms with Crippen LogP contribution in [0.25, 0.3) is 6.08 Å². The molecule has 130 valence electrons. The summed E-state index contributed by atoms with van der Waals surface area (Å²) in [6, 6.07) is 9.17. The van der Waals surface area contributed by atoms with E-state index in [2.05, 4.69) is 5.32 Å². The van der Waals surface area contributed by atoms with Crippen molar-refractivity contribution in [3.8, 4) is 17.2 Å². The van der Waals surface area contributed by atoms with Gasteiger partial charge in [0.05, 0.1) is 25.5 Å². The number of carbonyl (C=O) groups is 2. The van der Waals surface area contributed by atoms with Gasteiger partial charge in [0.1, 0.15) is 0 Å². The molecule has 0 radical (unpaired) electrons. The standard InChI is InChI=1S/C18H17NO6/c1-24-14-9-11(10-15(25-2)17(14)21)7-8-16(20)19-13-6-4-3-5-12(13)18(22)23/h3-10,21H,1-2H3,(H,19,20)(H,22,23). The Balaban J connectivity index is 2.20. The Hall–Kier alpha value is -3.48. The van der Waals surface area contributed by atoms with Crippen LogP contribution in [0.5, 0.6) is 17.2 Å². The van der Waals surface area contributed by atoms with Gasteiger partial charge < -0.3 is 25.0 Å². The molecule has 7 nitrogen and oxygen atoms in total. The van der Waals surface area contributed by atoms with Crippen molar-refractivity contribution in [1.82, 2.24) is 0 Å². The molecular weight excluding hydrogens is 326 g/mol. The second kappa shape index (κ2) is 7.87. The minimum atomic E-state index is -1.13. The average Bonchev–Trinajstić information content (AvgIpc) is 2.61. The van der Waals surface area contributed by atoms with E-state index >= 15 is 0 Å². The first kappa shape index (κ1) is 17.9. The number of aromatic hydroxyl groups is 1. The van der Waals surface area contributed by atoms with Gasteiger partial charge in [-0.15, -0.1) is 0 Å². The lowest BCUT2D eigenvalue weighted by atomic mass is 10.1. The molecule has 0 aliphatic heterocycles. The lowest BCUT2D eigenvalue weighted by Crippen LogP contribution is -2.11. The molecule has 7 heteroatoms. The summed E-state index contributed by atoms with van der Waals surface area (Å²) >= 11 is 0. The Labute approximate surface area is 144 Å². The predicted molar refractivity (Wildman–Crippen MR) is 92.3 cm³/mol. The molecule has 0 bridgehead atoms. The molecule has 0 saturated carbocycles. The molecule has 0 aliphatic carbocycles. The summed E-state index contributed by atoms with van der Waals surface area (Å²) < 4.78 is 10.1. The van der Waals surface area contributed by atoms with Gasteiger partial charge >= 0.3 is 5.97 Å². The number of carboxylic acids is 1. The van der Waals surface area contributed by atoms with Gasteiger partial charge in [0.2, 0.25) is 11.7 Å². The van der Waals surface area contributed by atoms with Crippen LogP contribution in [0.3, 0.4) is 0 Å². The summed E-state index contributed by atoms with van der Waals surface area (Å²) in [5, 5.41) is 21.5. The zero-order valence-electron chi connectivity index (χ0n) is 13.6. The molecule has 2 aromatic rings. The number of amides is 1. The zero-order chi connectivity index (χ0) is 18.4. The number of para-hydroxylation sites is 1. The van der Waals surface area contributed by atoms with Crippen molar-refractivity contribution in [2.45, 2.75) is 0 Å². The summed E-state index contributed by atoms with van der Waals surface area (Å²) in [6.45, 7) is 0. The zero-order valence-corrected chi connectivity index (χ0v) is 13.6. The fourth-order valence-corrected chi connectivity index (χ4v) is 2.13. The van der Waals surface area contributed by atoms with Gasteiger partial charge in [-0.25, -0.2) is 4.79 Å². The third-order valence-corrected chi connectivity index (χ3v) is 3.34. The summed E-state index contributed by atoms with van der Waals surface area (Å²) in [4.78, 5) is 23.2. The lowest BCUT2D eigenvalue weighted by Gasteiger charge is -2.09. The topological polar surface area (TPSA) is 105 Å². The average molecular weight is 343 g/mol. The van der Waals surface area contributed by atoms with Gasteiger partial charge in [-0.2, -0.15) is 0 Å². The van der Waals surface area contributed by atoms with Crippen LogP contribution >= 0.6 is 0 Å². The summed E-state index contributed by atoms with van der Waals surface area (Å²) in [6.07, 6.45) is 2.73. The quantitative estimate of drug-likeness (QED) is 0.697. The number of hydrogen-bond donors (Lipinski definition) is 3. The maximum absolute atomic E-state index is 12.0. The Morgan fingerprint density at radius 2 is 1.68 bits per heavy atom. The van der Waals surface area contributed by atoms with Crippen molar-refractivity contribution in [2.24, 2.45) is 0 Å². The molecule has 0 aliphatic rings. The number of phenols is 1. The van der Waals surface area contributed by atoms with Crippen molar-refractivity contribution in [3.05, 3.63) is 53.6 Å². The van der Waals surface area contributed by atoms with E-state index in [1.54, 1.807) is 12.1 Å². The van der Waals surface area contributed by atoms with Crippen LogP contribution in [0, 0.1) is 0 Å². The fraction of sp³-hybridized carbons (Fsp3) is 0.111. The maximum atomic E-state index is 12.0. The number of ether oxygens (including phenoxy) is 2. The first-order valence-electron chi connectivity index (χ1n) is 7.22. The number of methoxy groups -OCH3 is 2. The Bertz CT molecular complexity index is 803. The molecule has 1 amide bonds. The highest BCUT2D eigenvalue weighted by atomic mass is 16.5. The third-order valence-electron chi connectivity index (χ3n) is 3.34. The second-order valence-corrected chi connectivity index (χ2v) is 4.95. The third kappa shape index (κ3) is 4.29. The first-order chi connectivity index (χ1) is 12.0. The van der Waals surface area contributed by atoms with Gasteiger partial charge in [0, 0.05) is 6.08 Å². The molecule has 2 aromatic carbocycles. The Morgan fingerprint density at radius 1 is 1.08 bits per heavy atom. The highest BCUT2D eigenvalue weighted by Gasteiger charge is 2.12. The van der Waals surface area contributed by atoms with E-state index in [-0.39, 0.29) is 28.5 Å². The van der Waals surface area contributed by atoms with E-state index in [9.17, 15) is 14.7 Å². The van der Waals surface area contributed by atoms with Crippen LogP contribution in [0.1, 0.15) is 15.9 Å².